The molecule has 35 heavy (non-hydrogen) atoms. The standard InChI is InChI=1S/C29H36N2O4/c32-27(31(25-12-6-2-7-13-25)26-14-8-3-9-15-26)21-35-28(33)20-30-29(34)24-18-16-23(17-19-24)22-10-4-1-5-11-22/h1,4-5,10-11,16-19,25-26H,2-3,6-9,12-15,20-21H2,(H,30,34). The molecule has 0 aliphatic heterocycles. The van der Waals surface area contributed by atoms with Crippen LogP contribution in [0.3, 0.4) is 0 Å². The Morgan fingerprint density at radius 1 is 0.743 bits per heavy atom. The van der Waals surface area contributed by atoms with E-state index < -0.39 is 5.97 Å². The number of carbonyl (C=O) groups is 3. The van der Waals surface area contributed by atoms with Gasteiger partial charge >= 0.3 is 5.97 Å². The minimum Gasteiger partial charge on any atom is -0.454 e. The molecule has 0 atom stereocenters. The van der Waals surface area contributed by atoms with Gasteiger partial charge in [0, 0.05) is 17.6 Å². The Bertz CT molecular complexity index is 960. The van der Waals surface area contributed by atoms with E-state index in [2.05, 4.69) is 5.32 Å². The van der Waals surface area contributed by atoms with Crippen molar-refractivity contribution in [3.05, 3.63) is 60.2 Å². The summed E-state index contributed by atoms with van der Waals surface area (Å²) in [5.74, 6) is -1.04. The number of nitrogens with one attached hydrogen (secondary N) is 1. The van der Waals surface area contributed by atoms with E-state index >= 15 is 0 Å². The van der Waals surface area contributed by atoms with Crippen LogP contribution in [0.5, 0.6) is 0 Å². The van der Waals surface area contributed by atoms with Gasteiger partial charge < -0.3 is 15.0 Å². The van der Waals surface area contributed by atoms with Gasteiger partial charge in [-0.2, -0.15) is 0 Å². The zero-order valence-electron chi connectivity index (χ0n) is 20.4. The van der Waals surface area contributed by atoms with Gasteiger partial charge in [0.15, 0.2) is 6.61 Å². The highest BCUT2D eigenvalue weighted by molar-refractivity contribution is 5.96. The molecule has 0 bridgehead atoms. The van der Waals surface area contributed by atoms with E-state index in [9.17, 15) is 14.4 Å². The number of esters is 1. The molecule has 4 rings (SSSR count). The third-order valence-corrected chi connectivity index (χ3v) is 7.23. The smallest absolute Gasteiger partial charge is 0.325 e. The van der Waals surface area contributed by atoms with E-state index in [4.69, 9.17) is 4.74 Å². The molecule has 6 nitrogen and oxygen atoms in total. The highest BCUT2D eigenvalue weighted by Gasteiger charge is 2.32. The molecule has 0 heterocycles. The van der Waals surface area contributed by atoms with Crippen molar-refractivity contribution in [2.75, 3.05) is 13.2 Å². The number of carbonyl (C=O) groups excluding carboxylic acids is 3. The van der Waals surface area contributed by atoms with Crippen molar-refractivity contribution in [2.45, 2.75) is 76.3 Å². The lowest BCUT2D eigenvalue weighted by molar-refractivity contribution is -0.154. The molecule has 0 saturated heterocycles. The SMILES string of the molecule is O=C(CNC(=O)c1ccc(-c2ccccc2)cc1)OCC(=O)N(C1CCCCC1)C1CCCCC1. The number of benzene rings is 2. The Labute approximate surface area is 208 Å². The topological polar surface area (TPSA) is 75.7 Å². The molecule has 2 aromatic rings. The quantitative estimate of drug-likeness (QED) is 0.537. The first-order valence-electron chi connectivity index (χ1n) is 13.0. The molecule has 2 fully saturated rings. The lowest BCUT2D eigenvalue weighted by Gasteiger charge is -2.41. The fraction of sp³-hybridized carbons (Fsp3) is 0.483. The van der Waals surface area contributed by atoms with Crippen LogP contribution in [0.15, 0.2) is 54.6 Å². The molecule has 2 aliphatic carbocycles. The second-order valence-corrected chi connectivity index (χ2v) is 9.67. The van der Waals surface area contributed by atoms with E-state index in [1.807, 2.05) is 47.4 Å². The Morgan fingerprint density at radius 3 is 1.86 bits per heavy atom. The van der Waals surface area contributed by atoms with E-state index in [0.29, 0.717) is 5.56 Å². The van der Waals surface area contributed by atoms with E-state index in [1.54, 1.807) is 12.1 Å². The van der Waals surface area contributed by atoms with E-state index in [-0.39, 0.29) is 37.0 Å². The molecule has 2 amide bonds. The van der Waals surface area contributed by atoms with Gasteiger partial charge in [-0.15, -0.1) is 0 Å². The highest BCUT2D eigenvalue weighted by Crippen LogP contribution is 2.30. The summed E-state index contributed by atoms with van der Waals surface area (Å²) < 4.78 is 5.28. The van der Waals surface area contributed by atoms with Crippen molar-refractivity contribution in [3.63, 3.8) is 0 Å². The number of nitrogens with zero attached hydrogens (tertiary/aromatic N) is 1. The molecule has 0 aromatic heterocycles. The van der Waals surface area contributed by atoms with Crippen molar-refractivity contribution >= 4 is 17.8 Å². The van der Waals surface area contributed by atoms with Crippen LogP contribution in [0.25, 0.3) is 11.1 Å². The van der Waals surface area contributed by atoms with Gasteiger partial charge in [0.05, 0.1) is 0 Å². The predicted molar refractivity (Wildman–Crippen MR) is 136 cm³/mol. The minimum absolute atomic E-state index is 0.0972. The van der Waals surface area contributed by atoms with E-state index in [1.165, 1.54) is 12.8 Å². The van der Waals surface area contributed by atoms with Crippen LogP contribution in [0.2, 0.25) is 0 Å². The molecule has 1 N–H and O–H groups in total. The second-order valence-electron chi connectivity index (χ2n) is 9.67. The van der Waals surface area contributed by atoms with Crippen molar-refractivity contribution < 1.29 is 19.1 Å². The van der Waals surface area contributed by atoms with Crippen LogP contribution in [0.4, 0.5) is 0 Å². The molecule has 2 saturated carbocycles. The van der Waals surface area contributed by atoms with Crippen LogP contribution >= 0.6 is 0 Å². The third-order valence-electron chi connectivity index (χ3n) is 7.23. The molecule has 0 spiro atoms. The van der Waals surface area contributed by atoms with Crippen molar-refractivity contribution in [2.24, 2.45) is 0 Å². The maximum atomic E-state index is 13.1. The molecular formula is C29H36N2O4. The Hall–Kier alpha value is -3.15. The molecule has 2 aliphatic rings. The average Bonchev–Trinajstić information content (AvgIpc) is 2.92. The first-order chi connectivity index (χ1) is 17.1. The summed E-state index contributed by atoms with van der Waals surface area (Å²) in [5, 5.41) is 2.60. The number of ether oxygens (including phenoxy) is 1. The van der Waals surface area contributed by atoms with Gasteiger partial charge in [-0.3, -0.25) is 14.4 Å². The Kier molecular flexibility index (Phi) is 8.93. The third kappa shape index (κ3) is 6.93. The first-order valence-corrected chi connectivity index (χ1v) is 13.0. The van der Waals surface area contributed by atoms with Crippen LogP contribution < -0.4 is 5.32 Å². The summed E-state index contributed by atoms with van der Waals surface area (Å²) in [5.41, 5.74) is 2.55. The molecule has 2 aromatic carbocycles. The second kappa shape index (κ2) is 12.5. The fourth-order valence-electron chi connectivity index (χ4n) is 5.39. The number of hydrogen-bond donors (Lipinski definition) is 1. The lowest BCUT2D eigenvalue weighted by atomic mass is 9.88. The van der Waals surface area contributed by atoms with Crippen LogP contribution in [0.1, 0.15) is 74.6 Å². The van der Waals surface area contributed by atoms with Gasteiger partial charge in [-0.25, -0.2) is 0 Å². The predicted octanol–water partition coefficient (Wildman–Crippen LogP) is 5.12. The summed E-state index contributed by atoms with van der Waals surface area (Å²) in [7, 11) is 0. The monoisotopic (exact) mass is 476 g/mol. The Balaban J connectivity index is 1.26. The average molecular weight is 477 g/mol. The van der Waals surface area contributed by atoms with Crippen LogP contribution in [0, 0.1) is 0 Å². The minimum atomic E-state index is -0.597. The fourth-order valence-corrected chi connectivity index (χ4v) is 5.39. The van der Waals surface area contributed by atoms with Gasteiger partial charge in [0.1, 0.15) is 6.54 Å². The molecular weight excluding hydrogens is 440 g/mol. The maximum Gasteiger partial charge on any atom is 0.325 e. The Morgan fingerprint density at radius 2 is 1.29 bits per heavy atom. The van der Waals surface area contributed by atoms with Gasteiger partial charge in [-0.05, 0) is 48.9 Å². The normalized spacial score (nSPS) is 16.9. The van der Waals surface area contributed by atoms with E-state index in [0.717, 1.165) is 62.5 Å². The number of amides is 2. The lowest BCUT2D eigenvalue weighted by Crippen LogP contribution is -2.50. The zero-order chi connectivity index (χ0) is 24.5. The maximum absolute atomic E-state index is 13.1. The first kappa shape index (κ1) is 25.0. The number of rotatable bonds is 8. The summed E-state index contributed by atoms with van der Waals surface area (Å²) >= 11 is 0. The zero-order valence-corrected chi connectivity index (χ0v) is 20.4. The van der Waals surface area contributed by atoms with Gasteiger partial charge in [-0.1, -0.05) is 81.0 Å². The van der Waals surface area contributed by atoms with Gasteiger partial charge in [0.25, 0.3) is 11.8 Å². The number of hydrogen-bond acceptors (Lipinski definition) is 4. The summed E-state index contributed by atoms with van der Waals surface area (Å²) in [6.07, 6.45) is 11.2. The summed E-state index contributed by atoms with van der Waals surface area (Å²) in [4.78, 5) is 39.9. The largest absolute Gasteiger partial charge is 0.454 e. The van der Waals surface area contributed by atoms with Gasteiger partial charge in [0.2, 0.25) is 0 Å². The van der Waals surface area contributed by atoms with Crippen LogP contribution in [-0.4, -0.2) is 47.9 Å². The van der Waals surface area contributed by atoms with Crippen molar-refractivity contribution in [1.29, 1.82) is 0 Å². The molecule has 6 heteroatoms. The van der Waals surface area contributed by atoms with Crippen LogP contribution in [-0.2, 0) is 14.3 Å². The molecule has 0 radical (unpaired) electrons. The molecule has 0 unspecified atom stereocenters. The van der Waals surface area contributed by atoms with Crippen molar-refractivity contribution in [1.82, 2.24) is 10.2 Å². The summed E-state index contributed by atoms with van der Waals surface area (Å²) in [6.45, 7) is -0.521. The van der Waals surface area contributed by atoms with Crippen molar-refractivity contribution in [3.8, 4) is 11.1 Å². The molecule has 186 valence electrons. The summed E-state index contributed by atoms with van der Waals surface area (Å²) in [6, 6.07) is 17.7. The highest BCUT2D eigenvalue weighted by atomic mass is 16.5.